The largest absolute Gasteiger partial charge is 0.496 e. The van der Waals surface area contributed by atoms with Gasteiger partial charge in [0.15, 0.2) is 5.13 Å². The maximum absolute atomic E-state index is 12.8. The highest BCUT2D eigenvalue weighted by Crippen LogP contribution is 2.30. The smallest absolute Gasteiger partial charge is 0.263 e. The molecule has 0 atom stereocenters. The summed E-state index contributed by atoms with van der Waals surface area (Å²) in [6.07, 6.45) is 0. The lowest BCUT2D eigenvalue weighted by molar-refractivity contribution is -0.113. The van der Waals surface area contributed by atoms with Crippen molar-refractivity contribution in [3.8, 4) is 22.1 Å². The molecular weight excluding hydrogens is 490 g/mol. The molecule has 0 aliphatic heterocycles. The molecule has 2 amide bonds. The number of nitrogens with zero attached hydrogens (tertiary/aromatic N) is 1. The molecule has 34 heavy (non-hydrogen) atoms. The predicted octanol–water partition coefficient (Wildman–Crippen LogP) is 5.87. The highest BCUT2D eigenvalue weighted by Gasteiger charge is 2.18. The number of thioether (sulfide) groups is 1. The zero-order valence-electron chi connectivity index (χ0n) is 18.4. The van der Waals surface area contributed by atoms with Gasteiger partial charge in [-0.25, -0.2) is 4.98 Å². The second-order valence-electron chi connectivity index (χ2n) is 6.87. The van der Waals surface area contributed by atoms with Crippen LogP contribution in [-0.4, -0.2) is 36.8 Å². The Morgan fingerprint density at radius 3 is 2.32 bits per heavy atom. The van der Waals surface area contributed by atoms with Crippen LogP contribution >= 0.6 is 34.4 Å². The Morgan fingerprint density at radius 1 is 0.941 bits per heavy atom. The molecule has 2 heterocycles. The Kier molecular flexibility index (Phi) is 7.84. The van der Waals surface area contributed by atoms with Crippen LogP contribution in [0.5, 0.6) is 11.5 Å². The molecule has 2 aromatic heterocycles. The molecule has 2 aromatic carbocycles. The van der Waals surface area contributed by atoms with Crippen molar-refractivity contribution in [3.05, 3.63) is 70.9 Å². The fraction of sp³-hybridized carbons (Fsp3) is 0.125. The van der Waals surface area contributed by atoms with Gasteiger partial charge in [-0.3, -0.25) is 9.59 Å². The molecule has 0 fully saturated rings. The number of rotatable bonds is 9. The highest BCUT2D eigenvalue weighted by atomic mass is 32.2. The first kappa shape index (κ1) is 23.8. The van der Waals surface area contributed by atoms with Gasteiger partial charge >= 0.3 is 0 Å². The lowest BCUT2D eigenvalue weighted by Crippen LogP contribution is -2.14. The minimum absolute atomic E-state index is 0.127. The van der Waals surface area contributed by atoms with Crippen LogP contribution < -0.4 is 20.1 Å². The van der Waals surface area contributed by atoms with Crippen molar-refractivity contribution in [1.82, 2.24) is 4.98 Å². The van der Waals surface area contributed by atoms with E-state index in [1.807, 2.05) is 35.0 Å². The Labute approximate surface area is 209 Å². The average Bonchev–Trinajstić information content (AvgIpc) is 3.55. The summed E-state index contributed by atoms with van der Waals surface area (Å²) in [5, 5.41) is 10.2. The maximum Gasteiger partial charge on any atom is 0.263 e. The number of ether oxygens (including phenoxy) is 2. The first-order valence-electron chi connectivity index (χ1n) is 10.1. The van der Waals surface area contributed by atoms with Crippen LogP contribution in [0.4, 0.5) is 10.8 Å². The second kappa shape index (κ2) is 11.2. The molecule has 4 rings (SSSR count). The van der Waals surface area contributed by atoms with Crippen molar-refractivity contribution in [2.75, 3.05) is 30.6 Å². The molecule has 0 bridgehead atoms. The third kappa shape index (κ3) is 5.77. The Hall–Kier alpha value is -3.34. The van der Waals surface area contributed by atoms with Crippen molar-refractivity contribution in [3.63, 3.8) is 0 Å². The number of thiazole rings is 1. The number of amides is 2. The Balaban J connectivity index is 1.31. The number of thiophene rings is 1. The number of aromatic nitrogens is 1. The van der Waals surface area contributed by atoms with E-state index in [0.717, 1.165) is 15.5 Å². The molecule has 0 aliphatic carbocycles. The van der Waals surface area contributed by atoms with E-state index in [1.165, 1.54) is 37.3 Å². The van der Waals surface area contributed by atoms with Crippen LogP contribution in [0.25, 0.3) is 10.6 Å². The quantitative estimate of drug-likeness (QED) is 0.273. The van der Waals surface area contributed by atoms with Crippen LogP contribution in [0, 0.1) is 0 Å². The summed E-state index contributed by atoms with van der Waals surface area (Å²) >= 11 is 4.42. The van der Waals surface area contributed by atoms with E-state index in [0.29, 0.717) is 27.9 Å². The van der Waals surface area contributed by atoms with Crippen LogP contribution in [0.2, 0.25) is 0 Å². The minimum atomic E-state index is -0.334. The monoisotopic (exact) mass is 511 g/mol. The fourth-order valence-corrected chi connectivity index (χ4v) is 5.26. The molecule has 0 spiro atoms. The molecular formula is C24H21N3O4S3. The first-order valence-corrected chi connectivity index (χ1v) is 12.9. The molecule has 0 saturated carbocycles. The summed E-state index contributed by atoms with van der Waals surface area (Å²) in [6.45, 7) is 0. The van der Waals surface area contributed by atoms with E-state index in [1.54, 1.807) is 41.7 Å². The van der Waals surface area contributed by atoms with Gasteiger partial charge < -0.3 is 20.1 Å². The van der Waals surface area contributed by atoms with Gasteiger partial charge in [0.25, 0.3) is 5.91 Å². The molecule has 4 aromatic rings. The van der Waals surface area contributed by atoms with Crippen molar-refractivity contribution in [2.45, 2.75) is 4.90 Å². The fourth-order valence-electron chi connectivity index (χ4n) is 3.08. The van der Waals surface area contributed by atoms with Crippen LogP contribution in [-0.2, 0) is 4.79 Å². The zero-order valence-corrected chi connectivity index (χ0v) is 20.8. The topological polar surface area (TPSA) is 89.5 Å². The average molecular weight is 512 g/mol. The molecule has 0 aliphatic rings. The third-order valence-corrected chi connectivity index (χ3v) is 7.32. The number of hydrogen-bond acceptors (Lipinski definition) is 8. The lowest BCUT2D eigenvalue weighted by atomic mass is 10.1. The van der Waals surface area contributed by atoms with Crippen molar-refractivity contribution < 1.29 is 19.1 Å². The van der Waals surface area contributed by atoms with E-state index >= 15 is 0 Å². The number of hydrogen-bond donors (Lipinski definition) is 2. The van der Waals surface area contributed by atoms with Gasteiger partial charge in [-0.15, -0.1) is 34.4 Å². The zero-order chi connectivity index (χ0) is 23.9. The normalized spacial score (nSPS) is 10.5. The summed E-state index contributed by atoms with van der Waals surface area (Å²) in [5.74, 6) is 0.644. The molecule has 2 N–H and O–H groups in total. The minimum Gasteiger partial charge on any atom is -0.496 e. The van der Waals surface area contributed by atoms with Gasteiger partial charge in [-0.1, -0.05) is 12.1 Å². The number of nitrogens with one attached hydrogen (secondary N) is 2. The van der Waals surface area contributed by atoms with E-state index in [-0.39, 0.29) is 17.6 Å². The second-order valence-corrected chi connectivity index (χ2v) is 9.72. The molecule has 0 saturated heterocycles. The highest BCUT2D eigenvalue weighted by molar-refractivity contribution is 8.00. The van der Waals surface area contributed by atoms with Crippen molar-refractivity contribution in [1.29, 1.82) is 0 Å². The van der Waals surface area contributed by atoms with E-state index in [9.17, 15) is 9.59 Å². The summed E-state index contributed by atoms with van der Waals surface area (Å²) < 4.78 is 10.6. The van der Waals surface area contributed by atoms with E-state index < -0.39 is 0 Å². The van der Waals surface area contributed by atoms with E-state index in [2.05, 4.69) is 15.6 Å². The molecule has 10 heteroatoms. The maximum atomic E-state index is 12.8. The number of anilines is 2. The molecule has 0 unspecified atom stereocenters. The van der Waals surface area contributed by atoms with Crippen LogP contribution in [0.1, 0.15) is 10.4 Å². The molecule has 174 valence electrons. The van der Waals surface area contributed by atoms with Gasteiger partial charge in [0.1, 0.15) is 17.1 Å². The summed E-state index contributed by atoms with van der Waals surface area (Å²) in [4.78, 5) is 31.6. The Morgan fingerprint density at radius 2 is 1.68 bits per heavy atom. The first-order chi connectivity index (χ1) is 16.6. The summed E-state index contributed by atoms with van der Waals surface area (Å²) in [5.41, 5.74) is 1.81. The summed E-state index contributed by atoms with van der Waals surface area (Å²) in [6, 6.07) is 16.4. The van der Waals surface area contributed by atoms with E-state index in [4.69, 9.17) is 9.47 Å². The van der Waals surface area contributed by atoms with Crippen LogP contribution in [0.15, 0.2) is 70.3 Å². The summed E-state index contributed by atoms with van der Waals surface area (Å²) in [7, 11) is 3.01. The molecule has 7 nitrogen and oxygen atoms in total. The lowest BCUT2D eigenvalue weighted by Gasteiger charge is -2.13. The SMILES string of the molecule is COc1cccc(OC)c1C(=O)Nc1ccc(SCC(=O)Nc2nc(-c3cccs3)cs2)cc1. The van der Waals surface area contributed by atoms with Gasteiger partial charge in [0, 0.05) is 16.0 Å². The van der Waals surface area contributed by atoms with Crippen molar-refractivity contribution in [2.24, 2.45) is 0 Å². The van der Waals surface area contributed by atoms with Gasteiger partial charge in [0.05, 0.1) is 30.5 Å². The van der Waals surface area contributed by atoms with Gasteiger partial charge in [0.2, 0.25) is 5.91 Å². The predicted molar refractivity (Wildman–Crippen MR) is 139 cm³/mol. The van der Waals surface area contributed by atoms with Crippen LogP contribution in [0.3, 0.4) is 0 Å². The van der Waals surface area contributed by atoms with Gasteiger partial charge in [-0.05, 0) is 47.8 Å². The van der Waals surface area contributed by atoms with Crippen molar-refractivity contribution >= 4 is 57.1 Å². The number of methoxy groups -OCH3 is 2. The third-order valence-electron chi connectivity index (χ3n) is 4.66. The standard InChI is InChI=1S/C24H21N3O4S3/c1-30-18-5-3-6-19(31-2)22(18)23(29)25-15-8-10-16(11-9-15)33-14-21(28)27-24-26-17(13-34-24)20-7-4-12-32-20/h3-13H,14H2,1-2H3,(H,25,29)(H,26,27,28). The van der Waals surface area contributed by atoms with Gasteiger partial charge in [-0.2, -0.15) is 0 Å². The molecule has 0 radical (unpaired) electrons. The number of carbonyl (C=O) groups is 2. The number of carbonyl (C=O) groups excluding carboxylic acids is 2. The Bertz CT molecular complexity index is 1250. The number of benzene rings is 2.